The third-order valence-corrected chi connectivity index (χ3v) is 6.94. The van der Waals surface area contributed by atoms with Crippen molar-refractivity contribution in [3.8, 4) is 0 Å². The van der Waals surface area contributed by atoms with Crippen molar-refractivity contribution in [2.75, 3.05) is 25.0 Å². The second-order valence-electron chi connectivity index (χ2n) is 6.92. The van der Waals surface area contributed by atoms with E-state index in [0.717, 1.165) is 16.4 Å². The van der Waals surface area contributed by atoms with Gasteiger partial charge in [0, 0.05) is 23.8 Å². The number of piperidine rings is 1. The number of hydrogen-bond donors (Lipinski definition) is 1. The fourth-order valence-electron chi connectivity index (χ4n) is 3.10. The van der Waals surface area contributed by atoms with Crippen molar-refractivity contribution in [2.24, 2.45) is 5.92 Å². The van der Waals surface area contributed by atoms with Gasteiger partial charge in [-0.15, -0.1) is 0 Å². The van der Waals surface area contributed by atoms with E-state index in [2.05, 4.69) is 5.32 Å². The molecule has 3 rings (SSSR count). The van der Waals surface area contributed by atoms with Crippen LogP contribution in [0.25, 0.3) is 0 Å². The normalized spacial score (nSPS) is 15.5. The first kappa shape index (κ1) is 23.1. The SMILES string of the molecule is O=C(COC(=O)C1CCN(S(=O)(=O)c2ccc(F)c(F)c2)CC1)Nc1ccc(Cl)cc1. The lowest BCUT2D eigenvalue weighted by atomic mass is 9.98. The maximum absolute atomic E-state index is 13.4. The fourth-order valence-corrected chi connectivity index (χ4v) is 4.71. The van der Waals surface area contributed by atoms with Gasteiger partial charge in [-0.2, -0.15) is 4.31 Å². The van der Waals surface area contributed by atoms with E-state index in [4.69, 9.17) is 16.3 Å². The summed E-state index contributed by atoms with van der Waals surface area (Å²) >= 11 is 5.77. The smallest absolute Gasteiger partial charge is 0.309 e. The Kier molecular flexibility index (Phi) is 7.24. The van der Waals surface area contributed by atoms with E-state index >= 15 is 0 Å². The highest BCUT2D eigenvalue weighted by molar-refractivity contribution is 7.89. The number of sulfonamides is 1. The minimum absolute atomic E-state index is 0.0120. The maximum atomic E-state index is 13.4. The molecule has 2 aromatic carbocycles. The molecule has 1 heterocycles. The highest BCUT2D eigenvalue weighted by Crippen LogP contribution is 2.25. The molecular weight excluding hydrogens is 454 g/mol. The number of benzene rings is 2. The molecule has 1 aliphatic heterocycles. The number of carbonyl (C=O) groups is 2. The predicted molar refractivity (Wildman–Crippen MR) is 109 cm³/mol. The third-order valence-electron chi connectivity index (χ3n) is 4.79. The van der Waals surface area contributed by atoms with Gasteiger partial charge in [-0.3, -0.25) is 9.59 Å². The molecule has 0 atom stereocenters. The molecule has 0 spiro atoms. The van der Waals surface area contributed by atoms with E-state index in [1.54, 1.807) is 24.3 Å². The summed E-state index contributed by atoms with van der Waals surface area (Å²) in [6, 6.07) is 8.78. The molecule has 31 heavy (non-hydrogen) atoms. The average molecular weight is 473 g/mol. The third kappa shape index (κ3) is 5.78. The van der Waals surface area contributed by atoms with Gasteiger partial charge in [-0.1, -0.05) is 11.6 Å². The van der Waals surface area contributed by atoms with Gasteiger partial charge in [0.25, 0.3) is 5.91 Å². The summed E-state index contributed by atoms with van der Waals surface area (Å²) in [6.07, 6.45) is 0.362. The van der Waals surface area contributed by atoms with Crippen LogP contribution in [0.5, 0.6) is 0 Å². The van der Waals surface area contributed by atoms with Crippen LogP contribution in [0.15, 0.2) is 47.4 Å². The van der Waals surface area contributed by atoms with Crippen LogP contribution in [0.3, 0.4) is 0 Å². The van der Waals surface area contributed by atoms with Crippen molar-refractivity contribution in [1.29, 1.82) is 0 Å². The van der Waals surface area contributed by atoms with Gasteiger partial charge in [-0.25, -0.2) is 17.2 Å². The van der Waals surface area contributed by atoms with Gasteiger partial charge < -0.3 is 10.1 Å². The summed E-state index contributed by atoms with van der Waals surface area (Å²) in [7, 11) is -4.01. The van der Waals surface area contributed by atoms with E-state index in [1.165, 1.54) is 0 Å². The van der Waals surface area contributed by atoms with Crippen molar-refractivity contribution in [2.45, 2.75) is 17.7 Å². The van der Waals surface area contributed by atoms with Crippen LogP contribution >= 0.6 is 11.6 Å². The lowest BCUT2D eigenvalue weighted by Gasteiger charge is -2.30. The van der Waals surface area contributed by atoms with Crippen molar-refractivity contribution in [3.05, 3.63) is 59.1 Å². The Balaban J connectivity index is 1.49. The van der Waals surface area contributed by atoms with Gasteiger partial charge in [0.2, 0.25) is 10.0 Å². The first-order chi connectivity index (χ1) is 14.7. The predicted octanol–water partition coefficient (Wildman–Crippen LogP) is 3.20. The highest BCUT2D eigenvalue weighted by atomic mass is 35.5. The van der Waals surface area contributed by atoms with Gasteiger partial charge in [0.05, 0.1) is 10.8 Å². The molecule has 0 saturated carbocycles. The molecule has 0 aliphatic carbocycles. The molecule has 7 nitrogen and oxygen atoms in total. The highest BCUT2D eigenvalue weighted by Gasteiger charge is 2.33. The molecule has 1 saturated heterocycles. The van der Waals surface area contributed by atoms with Crippen molar-refractivity contribution in [1.82, 2.24) is 4.31 Å². The number of nitrogens with zero attached hydrogens (tertiary/aromatic N) is 1. The van der Waals surface area contributed by atoms with Crippen LogP contribution in [0.1, 0.15) is 12.8 Å². The number of nitrogens with one attached hydrogen (secondary N) is 1. The van der Waals surface area contributed by atoms with Crippen molar-refractivity contribution in [3.63, 3.8) is 0 Å². The summed E-state index contributed by atoms with van der Waals surface area (Å²) in [5, 5.41) is 3.08. The van der Waals surface area contributed by atoms with Gasteiger partial charge in [0.15, 0.2) is 18.2 Å². The molecule has 11 heteroatoms. The minimum Gasteiger partial charge on any atom is -0.455 e. The Morgan fingerprint density at radius 2 is 1.71 bits per heavy atom. The summed E-state index contributed by atoms with van der Waals surface area (Å²) in [5.41, 5.74) is 0.501. The molecule has 1 aliphatic rings. The zero-order valence-electron chi connectivity index (χ0n) is 16.2. The molecule has 2 aromatic rings. The number of rotatable bonds is 6. The molecule has 1 fully saturated rings. The van der Waals surface area contributed by atoms with Crippen LogP contribution in [0, 0.1) is 17.6 Å². The Morgan fingerprint density at radius 3 is 2.32 bits per heavy atom. The Bertz CT molecular complexity index is 1070. The fraction of sp³-hybridized carbons (Fsp3) is 0.300. The molecule has 1 N–H and O–H groups in total. The lowest BCUT2D eigenvalue weighted by molar-refractivity contribution is -0.152. The molecule has 0 unspecified atom stereocenters. The standard InChI is InChI=1S/C20H19ClF2N2O5S/c21-14-1-3-15(4-2-14)24-19(26)12-30-20(27)13-7-9-25(10-8-13)31(28,29)16-5-6-17(22)18(23)11-16/h1-6,11,13H,7-10,12H2,(H,24,26). The van der Waals surface area contributed by atoms with Crippen LogP contribution in [-0.4, -0.2) is 44.3 Å². The second-order valence-corrected chi connectivity index (χ2v) is 9.29. The zero-order chi connectivity index (χ0) is 22.6. The summed E-state index contributed by atoms with van der Waals surface area (Å²) in [6.45, 7) is -0.453. The van der Waals surface area contributed by atoms with E-state index in [0.29, 0.717) is 16.8 Å². The van der Waals surface area contributed by atoms with Crippen molar-refractivity contribution >= 4 is 39.2 Å². The van der Waals surface area contributed by atoms with Crippen LogP contribution in [0.4, 0.5) is 14.5 Å². The number of amides is 1. The largest absolute Gasteiger partial charge is 0.455 e. The average Bonchev–Trinajstić information content (AvgIpc) is 2.75. The quantitative estimate of drug-likeness (QED) is 0.652. The number of ether oxygens (including phenoxy) is 1. The Labute approximate surface area is 183 Å². The lowest BCUT2D eigenvalue weighted by Crippen LogP contribution is -2.41. The monoisotopic (exact) mass is 472 g/mol. The topological polar surface area (TPSA) is 92.8 Å². The number of hydrogen-bond acceptors (Lipinski definition) is 5. The Hall–Kier alpha value is -2.56. The van der Waals surface area contributed by atoms with Gasteiger partial charge in [-0.05, 0) is 55.3 Å². The van der Waals surface area contributed by atoms with Gasteiger partial charge in [0.1, 0.15) is 0 Å². The zero-order valence-corrected chi connectivity index (χ0v) is 17.8. The molecular formula is C20H19ClF2N2O5S. The summed E-state index contributed by atoms with van der Waals surface area (Å²) in [5.74, 6) is -4.08. The van der Waals surface area contributed by atoms with Crippen LogP contribution < -0.4 is 5.32 Å². The van der Waals surface area contributed by atoms with E-state index in [-0.39, 0.29) is 30.8 Å². The summed E-state index contributed by atoms with van der Waals surface area (Å²) < 4.78 is 57.8. The first-order valence-electron chi connectivity index (χ1n) is 9.34. The molecule has 166 valence electrons. The van der Waals surface area contributed by atoms with Crippen LogP contribution in [-0.2, 0) is 24.3 Å². The number of carbonyl (C=O) groups excluding carboxylic acids is 2. The molecule has 0 aromatic heterocycles. The number of anilines is 1. The Morgan fingerprint density at radius 1 is 1.06 bits per heavy atom. The number of halogens is 3. The minimum atomic E-state index is -4.01. The molecule has 0 radical (unpaired) electrons. The van der Waals surface area contributed by atoms with Crippen molar-refractivity contribution < 1.29 is 31.5 Å². The first-order valence-corrected chi connectivity index (χ1v) is 11.2. The molecule has 1 amide bonds. The second kappa shape index (κ2) is 9.71. The molecule has 0 bridgehead atoms. The summed E-state index contributed by atoms with van der Waals surface area (Å²) in [4.78, 5) is 23.8. The van der Waals surface area contributed by atoms with E-state index in [1.807, 2.05) is 0 Å². The number of esters is 1. The van der Waals surface area contributed by atoms with Crippen LogP contribution in [0.2, 0.25) is 5.02 Å². The van der Waals surface area contributed by atoms with Gasteiger partial charge >= 0.3 is 5.97 Å². The van der Waals surface area contributed by atoms with E-state index in [9.17, 15) is 26.8 Å². The maximum Gasteiger partial charge on any atom is 0.309 e. The van der Waals surface area contributed by atoms with E-state index < -0.39 is 46.1 Å².